The van der Waals surface area contributed by atoms with Crippen LogP contribution in [0.4, 0.5) is 20.6 Å². The zero-order valence-electron chi connectivity index (χ0n) is 24.4. The molecule has 0 aliphatic carbocycles. The van der Waals surface area contributed by atoms with E-state index in [1.165, 1.54) is 29.2 Å². The Morgan fingerprint density at radius 2 is 1.98 bits per heavy atom. The van der Waals surface area contributed by atoms with Crippen molar-refractivity contribution in [2.75, 3.05) is 49.2 Å². The lowest BCUT2D eigenvalue weighted by molar-refractivity contribution is -0.129. The average Bonchev–Trinajstić information content (AvgIpc) is 3.57. The molecule has 15 heteroatoms. The Balaban J connectivity index is 1.37. The maximum Gasteiger partial charge on any atom is 0.414 e. The fourth-order valence-electron chi connectivity index (χ4n) is 4.67. The number of hydrogen-bond acceptors (Lipinski definition) is 10. The van der Waals surface area contributed by atoms with Gasteiger partial charge in [-0.1, -0.05) is 25.4 Å². The van der Waals surface area contributed by atoms with E-state index in [9.17, 15) is 24.0 Å². The van der Waals surface area contributed by atoms with Gasteiger partial charge in [0.05, 0.1) is 34.6 Å². The minimum atomic E-state index is -0.907. The van der Waals surface area contributed by atoms with Crippen molar-refractivity contribution in [3.8, 4) is 0 Å². The van der Waals surface area contributed by atoms with Gasteiger partial charge in [0.15, 0.2) is 0 Å². The summed E-state index contributed by atoms with van der Waals surface area (Å²) in [6, 6.07) is 7.18. The summed E-state index contributed by atoms with van der Waals surface area (Å²) in [7, 11) is 0. The monoisotopic (exact) mass is 668 g/mol. The van der Waals surface area contributed by atoms with Crippen LogP contribution in [0.2, 0.25) is 4.34 Å². The largest absolute Gasteiger partial charge is 0.442 e. The van der Waals surface area contributed by atoms with Crippen LogP contribution in [-0.4, -0.2) is 79.3 Å². The molecular formula is C29H34ClFN4O7S2. The van der Waals surface area contributed by atoms with Crippen molar-refractivity contribution in [2.24, 2.45) is 5.92 Å². The van der Waals surface area contributed by atoms with Crippen molar-refractivity contribution < 1.29 is 37.8 Å². The maximum atomic E-state index is 15.2. The molecule has 2 fully saturated rings. The summed E-state index contributed by atoms with van der Waals surface area (Å²) < 4.78 is 29.1. The number of hydrogen-bond donors (Lipinski definition) is 1. The number of ether oxygens (including phenoxy) is 2. The highest BCUT2D eigenvalue weighted by molar-refractivity contribution is 8.11. The predicted molar refractivity (Wildman–Crippen MR) is 166 cm³/mol. The second-order valence-corrected chi connectivity index (χ2v) is 13.4. The fraction of sp³-hybridized carbons (Fsp3) is 0.483. The number of unbranched alkanes of at least 4 members (excludes halogenated alkanes) is 1. The molecule has 44 heavy (non-hydrogen) atoms. The standard InChI is InChI=1S/C29H34ClFN4O7S2/c1-18(2)13-27(38)44-32-10-4-3-5-25(36)35(28(39)23-8-9-24(30)43-23)16-20-15-34(29(40)42-20)22-7-6-19(14-21(22)31)33-11-12-41-17-26(33)37/h6-9,14,18,20,32H,3-5,10-13,15-17H2,1-2H3/t20-/m1/s1. The van der Waals surface area contributed by atoms with Gasteiger partial charge in [0.1, 0.15) is 18.5 Å². The van der Waals surface area contributed by atoms with Crippen LogP contribution in [0, 0.1) is 11.7 Å². The average molecular weight is 669 g/mol. The highest BCUT2D eigenvalue weighted by atomic mass is 35.5. The van der Waals surface area contributed by atoms with E-state index in [0.717, 1.165) is 33.1 Å². The Morgan fingerprint density at radius 1 is 1.18 bits per heavy atom. The molecule has 11 nitrogen and oxygen atoms in total. The Labute approximate surface area is 268 Å². The van der Waals surface area contributed by atoms with E-state index in [0.29, 0.717) is 42.4 Å². The minimum absolute atomic E-state index is 0.0469. The molecule has 4 rings (SSSR count). The lowest BCUT2D eigenvalue weighted by Crippen LogP contribution is -2.43. The van der Waals surface area contributed by atoms with Gasteiger partial charge in [-0.2, -0.15) is 0 Å². The van der Waals surface area contributed by atoms with Gasteiger partial charge in [0.2, 0.25) is 11.0 Å². The number of halogens is 2. The lowest BCUT2D eigenvalue weighted by atomic mass is 10.2. The topological polar surface area (TPSA) is 126 Å². The maximum absolute atomic E-state index is 15.2. The molecule has 4 amide bonds. The van der Waals surface area contributed by atoms with Gasteiger partial charge in [0.25, 0.3) is 11.8 Å². The summed E-state index contributed by atoms with van der Waals surface area (Å²) in [6.45, 7) is 4.65. The van der Waals surface area contributed by atoms with Gasteiger partial charge < -0.3 is 14.4 Å². The summed E-state index contributed by atoms with van der Waals surface area (Å²) in [6.07, 6.45) is -0.152. The van der Waals surface area contributed by atoms with Crippen molar-refractivity contribution >= 4 is 75.2 Å². The van der Waals surface area contributed by atoms with Gasteiger partial charge in [-0.05, 0) is 61.0 Å². The van der Waals surface area contributed by atoms with Gasteiger partial charge in [-0.3, -0.25) is 33.7 Å². The second kappa shape index (κ2) is 15.8. The fourth-order valence-corrected chi connectivity index (χ4v) is 6.48. The van der Waals surface area contributed by atoms with Crippen molar-refractivity contribution in [3.63, 3.8) is 0 Å². The first kappa shape index (κ1) is 33.8. The number of benzene rings is 1. The number of rotatable bonds is 13. The van der Waals surface area contributed by atoms with E-state index >= 15 is 4.39 Å². The molecule has 0 spiro atoms. The molecule has 1 aromatic heterocycles. The molecule has 3 heterocycles. The van der Waals surface area contributed by atoms with E-state index in [2.05, 4.69) is 4.72 Å². The summed E-state index contributed by atoms with van der Waals surface area (Å²) in [5.74, 6) is -1.77. The Bertz CT molecular complexity index is 1390. The van der Waals surface area contributed by atoms with Gasteiger partial charge in [0, 0.05) is 31.6 Å². The third-order valence-corrected chi connectivity index (χ3v) is 8.75. The van der Waals surface area contributed by atoms with Crippen molar-refractivity contribution in [1.82, 2.24) is 9.62 Å². The van der Waals surface area contributed by atoms with E-state index in [1.807, 2.05) is 13.8 Å². The molecule has 238 valence electrons. The van der Waals surface area contributed by atoms with Crippen LogP contribution in [-0.2, 0) is 23.9 Å². The summed E-state index contributed by atoms with van der Waals surface area (Å²) in [5.41, 5.74) is 0.296. The number of amides is 4. The molecule has 0 saturated carbocycles. The zero-order valence-corrected chi connectivity index (χ0v) is 26.8. The number of cyclic esters (lactones) is 1. The molecule has 1 aromatic carbocycles. The van der Waals surface area contributed by atoms with E-state index in [-0.39, 0.29) is 60.2 Å². The molecule has 1 N–H and O–H groups in total. The smallest absolute Gasteiger partial charge is 0.414 e. The van der Waals surface area contributed by atoms with Gasteiger partial charge in [-0.15, -0.1) is 11.3 Å². The molecule has 0 unspecified atom stereocenters. The predicted octanol–water partition coefficient (Wildman–Crippen LogP) is 4.88. The van der Waals surface area contributed by atoms with Crippen LogP contribution < -0.4 is 14.5 Å². The first-order valence-corrected chi connectivity index (χ1v) is 16.2. The molecule has 2 aliphatic heterocycles. The lowest BCUT2D eigenvalue weighted by Gasteiger charge is -2.27. The quantitative estimate of drug-likeness (QED) is 0.235. The first-order valence-electron chi connectivity index (χ1n) is 14.2. The SMILES string of the molecule is CC(C)CC(=O)SNCCCCC(=O)N(C[C@H]1CN(c2ccc(N3CCOCC3=O)cc2F)C(=O)O1)C(=O)c1ccc(Cl)s1. The number of thiophene rings is 1. The Hall–Kier alpha value is -3.04. The molecule has 0 bridgehead atoms. The number of nitrogens with zero attached hydrogens (tertiary/aromatic N) is 3. The molecular weight excluding hydrogens is 635 g/mol. The highest BCUT2D eigenvalue weighted by Gasteiger charge is 2.38. The number of carbonyl (C=O) groups is 5. The van der Waals surface area contributed by atoms with Crippen LogP contribution in [0.25, 0.3) is 0 Å². The van der Waals surface area contributed by atoms with Crippen molar-refractivity contribution in [3.05, 3.63) is 45.4 Å². The molecule has 2 saturated heterocycles. The van der Waals surface area contributed by atoms with Gasteiger partial charge >= 0.3 is 6.09 Å². The normalized spacial score (nSPS) is 16.9. The first-order chi connectivity index (χ1) is 21.0. The minimum Gasteiger partial charge on any atom is -0.442 e. The van der Waals surface area contributed by atoms with Crippen LogP contribution in [0.1, 0.15) is 49.2 Å². The zero-order chi connectivity index (χ0) is 31.8. The van der Waals surface area contributed by atoms with Crippen molar-refractivity contribution in [2.45, 2.75) is 45.6 Å². The number of nitrogens with one attached hydrogen (secondary N) is 1. The number of imide groups is 1. The summed E-state index contributed by atoms with van der Waals surface area (Å²) in [5, 5.41) is 0.0469. The molecule has 1 atom stereocenters. The van der Waals surface area contributed by atoms with E-state index in [4.69, 9.17) is 21.1 Å². The van der Waals surface area contributed by atoms with Crippen LogP contribution >= 0.6 is 34.9 Å². The summed E-state index contributed by atoms with van der Waals surface area (Å²) >= 11 is 8.10. The highest BCUT2D eigenvalue weighted by Crippen LogP contribution is 2.30. The number of anilines is 2. The van der Waals surface area contributed by atoms with Crippen LogP contribution in [0.3, 0.4) is 0 Å². The van der Waals surface area contributed by atoms with E-state index < -0.39 is 29.8 Å². The molecule has 2 aromatic rings. The van der Waals surface area contributed by atoms with Crippen LogP contribution in [0.5, 0.6) is 0 Å². The summed E-state index contributed by atoms with van der Waals surface area (Å²) in [4.78, 5) is 67.1. The number of morpholine rings is 1. The molecule has 2 aliphatic rings. The molecule has 0 radical (unpaired) electrons. The Kier molecular flexibility index (Phi) is 12.2. The third-order valence-electron chi connectivity index (χ3n) is 6.79. The van der Waals surface area contributed by atoms with Crippen molar-refractivity contribution in [1.29, 1.82) is 0 Å². The Morgan fingerprint density at radius 3 is 2.66 bits per heavy atom. The van der Waals surface area contributed by atoms with Gasteiger partial charge in [-0.25, -0.2) is 9.18 Å². The number of carbonyl (C=O) groups excluding carboxylic acids is 5. The third kappa shape index (κ3) is 9.00. The van der Waals surface area contributed by atoms with Crippen LogP contribution in [0.15, 0.2) is 30.3 Å². The van der Waals surface area contributed by atoms with E-state index in [1.54, 1.807) is 6.07 Å². The second-order valence-electron chi connectivity index (χ2n) is 10.7.